The predicted octanol–water partition coefficient (Wildman–Crippen LogP) is 5.23. The SMILES string of the molecule is O=[N+]([O-])c1c(Nc2cc(Cl)ccc2Cl)ncnc1Oc1ccccc1. The van der Waals surface area contributed by atoms with E-state index in [9.17, 15) is 10.1 Å². The lowest BCUT2D eigenvalue weighted by Gasteiger charge is -2.10. The summed E-state index contributed by atoms with van der Waals surface area (Å²) in [6, 6.07) is 13.3. The molecule has 126 valence electrons. The molecule has 0 saturated carbocycles. The number of aromatic nitrogens is 2. The third-order valence-electron chi connectivity index (χ3n) is 3.11. The average Bonchev–Trinajstić information content (AvgIpc) is 2.59. The van der Waals surface area contributed by atoms with Crippen LogP contribution in [0.1, 0.15) is 0 Å². The van der Waals surface area contributed by atoms with E-state index in [0.717, 1.165) is 6.33 Å². The molecule has 0 aliphatic rings. The monoisotopic (exact) mass is 376 g/mol. The maximum atomic E-state index is 11.5. The van der Waals surface area contributed by atoms with Crippen molar-refractivity contribution in [3.63, 3.8) is 0 Å². The molecule has 0 atom stereocenters. The van der Waals surface area contributed by atoms with Crippen LogP contribution in [0.3, 0.4) is 0 Å². The molecule has 7 nitrogen and oxygen atoms in total. The zero-order valence-corrected chi connectivity index (χ0v) is 14.0. The summed E-state index contributed by atoms with van der Waals surface area (Å²) < 4.78 is 5.51. The molecule has 0 amide bonds. The summed E-state index contributed by atoms with van der Waals surface area (Å²) in [5, 5.41) is 15.1. The fourth-order valence-electron chi connectivity index (χ4n) is 2.01. The van der Waals surface area contributed by atoms with Gasteiger partial charge in [-0.25, -0.2) is 4.98 Å². The van der Waals surface area contributed by atoms with Gasteiger partial charge in [-0.2, -0.15) is 4.98 Å². The number of nitro groups is 1. The summed E-state index contributed by atoms with van der Waals surface area (Å²) >= 11 is 12.0. The van der Waals surface area contributed by atoms with Gasteiger partial charge < -0.3 is 10.1 Å². The van der Waals surface area contributed by atoms with E-state index in [1.54, 1.807) is 42.5 Å². The Morgan fingerprint density at radius 2 is 1.84 bits per heavy atom. The Bertz CT molecular complexity index is 923. The molecule has 3 rings (SSSR count). The third-order valence-corrected chi connectivity index (χ3v) is 3.68. The van der Waals surface area contributed by atoms with Crippen molar-refractivity contribution < 1.29 is 9.66 Å². The van der Waals surface area contributed by atoms with Crippen LogP contribution in [0.4, 0.5) is 17.2 Å². The smallest absolute Gasteiger partial charge is 0.373 e. The number of benzene rings is 2. The van der Waals surface area contributed by atoms with E-state index in [1.165, 1.54) is 6.07 Å². The van der Waals surface area contributed by atoms with Gasteiger partial charge in [-0.05, 0) is 30.3 Å². The second-order valence-electron chi connectivity index (χ2n) is 4.80. The Labute approximate surface area is 152 Å². The van der Waals surface area contributed by atoms with Gasteiger partial charge in [0.2, 0.25) is 5.82 Å². The van der Waals surface area contributed by atoms with E-state index in [1.807, 2.05) is 0 Å². The first-order chi connectivity index (χ1) is 12.0. The molecule has 0 aliphatic heterocycles. The topological polar surface area (TPSA) is 90.2 Å². The summed E-state index contributed by atoms with van der Waals surface area (Å²) in [6.07, 6.45) is 1.16. The summed E-state index contributed by atoms with van der Waals surface area (Å²) in [6.45, 7) is 0. The first-order valence-corrected chi connectivity index (χ1v) is 7.74. The van der Waals surface area contributed by atoms with Crippen molar-refractivity contribution in [2.24, 2.45) is 0 Å². The highest BCUT2D eigenvalue weighted by Crippen LogP contribution is 2.37. The zero-order chi connectivity index (χ0) is 17.8. The van der Waals surface area contributed by atoms with Crippen LogP contribution in [-0.4, -0.2) is 14.9 Å². The Kier molecular flexibility index (Phi) is 4.97. The Balaban J connectivity index is 2.01. The number of halogens is 2. The summed E-state index contributed by atoms with van der Waals surface area (Å²) in [4.78, 5) is 18.7. The van der Waals surface area contributed by atoms with Crippen LogP contribution in [0.2, 0.25) is 10.0 Å². The van der Waals surface area contributed by atoms with Crippen molar-refractivity contribution in [3.8, 4) is 11.6 Å². The van der Waals surface area contributed by atoms with Gasteiger partial charge in [0.15, 0.2) is 0 Å². The third kappa shape index (κ3) is 3.96. The zero-order valence-electron chi connectivity index (χ0n) is 12.5. The fourth-order valence-corrected chi connectivity index (χ4v) is 2.35. The van der Waals surface area contributed by atoms with Gasteiger partial charge in [0, 0.05) is 5.02 Å². The molecule has 2 aromatic carbocycles. The lowest BCUT2D eigenvalue weighted by molar-refractivity contribution is -0.385. The maximum absolute atomic E-state index is 11.5. The second-order valence-corrected chi connectivity index (χ2v) is 5.64. The average molecular weight is 377 g/mol. The lowest BCUT2D eigenvalue weighted by Crippen LogP contribution is -2.03. The number of anilines is 2. The largest absolute Gasteiger partial charge is 0.434 e. The van der Waals surface area contributed by atoms with E-state index in [2.05, 4.69) is 15.3 Å². The van der Waals surface area contributed by atoms with Crippen LogP contribution >= 0.6 is 23.2 Å². The lowest BCUT2D eigenvalue weighted by atomic mass is 10.3. The van der Waals surface area contributed by atoms with Crippen LogP contribution < -0.4 is 10.1 Å². The first kappa shape index (κ1) is 16.9. The minimum Gasteiger partial charge on any atom is -0.434 e. The van der Waals surface area contributed by atoms with Crippen molar-refractivity contribution >= 4 is 40.4 Å². The molecule has 0 radical (unpaired) electrons. The molecule has 0 unspecified atom stereocenters. The van der Waals surface area contributed by atoms with Crippen LogP contribution in [0.25, 0.3) is 0 Å². The highest BCUT2D eigenvalue weighted by Gasteiger charge is 2.25. The maximum Gasteiger partial charge on any atom is 0.373 e. The van der Waals surface area contributed by atoms with E-state index < -0.39 is 10.6 Å². The van der Waals surface area contributed by atoms with Crippen molar-refractivity contribution in [2.45, 2.75) is 0 Å². The number of hydrogen-bond donors (Lipinski definition) is 1. The van der Waals surface area contributed by atoms with Gasteiger partial charge in [0.05, 0.1) is 15.6 Å². The van der Waals surface area contributed by atoms with E-state index in [0.29, 0.717) is 21.5 Å². The van der Waals surface area contributed by atoms with Crippen molar-refractivity contribution in [1.29, 1.82) is 0 Å². The molecule has 3 aromatic rings. The van der Waals surface area contributed by atoms with Gasteiger partial charge in [-0.1, -0.05) is 41.4 Å². The molecule has 1 N–H and O–H groups in total. The highest BCUT2D eigenvalue weighted by molar-refractivity contribution is 6.35. The number of hydrogen-bond acceptors (Lipinski definition) is 6. The molecular formula is C16H10Cl2N4O3. The second kappa shape index (κ2) is 7.33. The number of nitrogens with one attached hydrogen (secondary N) is 1. The summed E-state index contributed by atoms with van der Waals surface area (Å²) in [5.74, 6) is 0.165. The quantitative estimate of drug-likeness (QED) is 0.484. The van der Waals surface area contributed by atoms with Crippen LogP contribution in [0.5, 0.6) is 11.6 Å². The fraction of sp³-hybridized carbons (Fsp3) is 0. The van der Waals surface area contributed by atoms with Gasteiger partial charge in [-0.15, -0.1) is 0 Å². The van der Waals surface area contributed by atoms with Crippen molar-refractivity contribution in [1.82, 2.24) is 9.97 Å². The Morgan fingerprint density at radius 3 is 2.56 bits per heavy atom. The van der Waals surface area contributed by atoms with E-state index >= 15 is 0 Å². The van der Waals surface area contributed by atoms with Crippen molar-refractivity contribution in [2.75, 3.05) is 5.32 Å². The standard InChI is InChI=1S/C16H10Cl2N4O3/c17-10-6-7-12(18)13(8-10)21-15-14(22(23)24)16(20-9-19-15)25-11-4-2-1-3-5-11/h1-9H,(H,19,20,21). The summed E-state index contributed by atoms with van der Waals surface area (Å²) in [7, 11) is 0. The Hall–Kier alpha value is -2.90. The number of nitrogens with zero attached hydrogens (tertiary/aromatic N) is 3. The van der Waals surface area contributed by atoms with Gasteiger partial charge in [0.25, 0.3) is 0 Å². The predicted molar refractivity (Wildman–Crippen MR) is 94.9 cm³/mol. The van der Waals surface area contributed by atoms with Gasteiger partial charge in [0.1, 0.15) is 12.1 Å². The minimum atomic E-state index is -0.626. The molecular weight excluding hydrogens is 367 g/mol. The van der Waals surface area contributed by atoms with Crippen LogP contribution in [0, 0.1) is 10.1 Å². The molecule has 9 heteroatoms. The number of ether oxygens (including phenoxy) is 1. The van der Waals surface area contributed by atoms with E-state index in [-0.39, 0.29) is 11.7 Å². The normalized spacial score (nSPS) is 10.3. The molecule has 0 aliphatic carbocycles. The first-order valence-electron chi connectivity index (χ1n) is 6.99. The van der Waals surface area contributed by atoms with E-state index in [4.69, 9.17) is 27.9 Å². The molecule has 0 saturated heterocycles. The molecule has 0 bridgehead atoms. The molecule has 0 spiro atoms. The Morgan fingerprint density at radius 1 is 1.08 bits per heavy atom. The number of rotatable bonds is 5. The number of para-hydroxylation sites is 1. The van der Waals surface area contributed by atoms with Crippen LogP contribution in [-0.2, 0) is 0 Å². The molecule has 1 aromatic heterocycles. The van der Waals surface area contributed by atoms with Gasteiger partial charge >= 0.3 is 11.6 Å². The minimum absolute atomic E-state index is 0.0601. The molecule has 1 heterocycles. The molecule has 25 heavy (non-hydrogen) atoms. The van der Waals surface area contributed by atoms with Gasteiger partial charge in [-0.3, -0.25) is 10.1 Å². The van der Waals surface area contributed by atoms with Crippen molar-refractivity contribution in [3.05, 3.63) is 75.0 Å². The molecule has 0 fully saturated rings. The highest BCUT2D eigenvalue weighted by atomic mass is 35.5. The summed E-state index contributed by atoms with van der Waals surface area (Å²) in [5.41, 5.74) is -0.0379. The van der Waals surface area contributed by atoms with Crippen LogP contribution in [0.15, 0.2) is 54.9 Å².